The van der Waals surface area contributed by atoms with Gasteiger partial charge in [-0.15, -0.1) is 0 Å². The first-order valence-corrected chi connectivity index (χ1v) is 9.92. The van der Waals surface area contributed by atoms with Gasteiger partial charge in [-0.05, 0) is 55.7 Å². The fraction of sp³-hybridized carbons (Fsp3) is 0.609. The molecule has 1 aromatic heterocycles. The Morgan fingerprint density at radius 2 is 1.84 bits per heavy atom. The van der Waals surface area contributed by atoms with Crippen molar-refractivity contribution in [3.63, 3.8) is 0 Å². The van der Waals surface area contributed by atoms with Crippen molar-refractivity contribution in [1.82, 2.24) is 4.98 Å². The molecule has 1 saturated heterocycles. The molecule has 140 valence electrons. The number of benzene rings is 1. The Morgan fingerprint density at radius 3 is 2.40 bits per heavy atom. The highest BCUT2D eigenvalue weighted by Crippen LogP contribution is 2.32. The molecule has 0 radical (unpaired) electrons. The van der Waals surface area contributed by atoms with E-state index in [0.717, 1.165) is 24.2 Å². The second kappa shape index (κ2) is 10.6. The summed E-state index contributed by atoms with van der Waals surface area (Å²) < 4.78 is 5.56. The summed E-state index contributed by atoms with van der Waals surface area (Å²) >= 11 is 0. The van der Waals surface area contributed by atoms with E-state index < -0.39 is 0 Å². The largest absolute Gasteiger partial charge is 0.378 e. The standard InChI is InChI=1S/C12H13N.C9H18O.C2H6/c1-3-10-8-9(2)13-12-7-5-4-6-11(10)12;1-4-8-7-9(2,3)5-6-10-8;1-2/h4-8H,3H2,1-2H3;8H,4-7H2,1-3H3;1-2H3. The van der Waals surface area contributed by atoms with E-state index in [1.165, 1.54) is 30.2 Å². The molecule has 1 fully saturated rings. The lowest BCUT2D eigenvalue weighted by atomic mass is 9.81. The third-order valence-corrected chi connectivity index (χ3v) is 4.68. The Bertz CT molecular complexity index is 633. The Labute approximate surface area is 155 Å². The fourth-order valence-electron chi connectivity index (χ4n) is 3.23. The second-order valence-corrected chi connectivity index (χ2v) is 7.31. The zero-order valence-electron chi connectivity index (χ0n) is 17.4. The molecule has 0 saturated carbocycles. The maximum atomic E-state index is 5.56. The van der Waals surface area contributed by atoms with E-state index in [9.17, 15) is 0 Å². The van der Waals surface area contributed by atoms with Gasteiger partial charge in [-0.25, -0.2) is 0 Å². The summed E-state index contributed by atoms with van der Waals surface area (Å²) in [7, 11) is 0. The first-order valence-electron chi connectivity index (χ1n) is 9.92. The minimum atomic E-state index is 0.527. The molecule has 1 aliphatic rings. The van der Waals surface area contributed by atoms with Crippen LogP contribution >= 0.6 is 0 Å². The molecule has 1 unspecified atom stereocenters. The van der Waals surface area contributed by atoms with Crippen LogP contribution in [0.1, 0.15) is 72.1 Å². The predicted octanol–water partition coefficient (Wildman–Crippen LogP) is 6.73. The molecule has 2 heterocycles. The van der Waals surface area contributed by atoms with Gasteiger partial charge in [0.25, 0.3) is 0 Å². The molecule has 25 heavy (non-hydrogen) atoms. The number of para-hydroxylation sites is 1. The zero-order valence-corrected chi connectivity index (χ0v) is 17.4. The quantitative estimate of drug-likeness (QED) is 0.603. The van der Waals surface area contributed by atoms with Crippen LogP contribution in [0.25, 0.3) is 10.9 Å². The smallest absolute Gasteiger partial charge is 0.0707 e. The molecule has 1 atom stereocenters. The van der Waals surface area contributed by atoms with Crippen LogP contribution in [0.2, 0.25) is 0 Å². The molecule has 1 aliphatic heterocycles. The van der Waals surface area contributed by atoms with E-state index in [0.29, 0.717) is 11.5 Å². The number of pyridine rings is 1. The molecule has 1 aromatic carbocycles. The van der Waals surface area contributed by atoms with Gasteiger partial charge in [0.2, 0.25) is 0 Å². The lowest BCUT2D eigenvalue weighted by Gasteiger charge is -2.34. The van der Waals surface area contributed by atoms with Crippen LogP contribution in [0.4, 0.5) is 0 Å². The lowest BCUT2D eigenvalue weighted by molar-refractivity contribution is -0.0368. The molecule has 2 nitrogen and oxygen atoms in total. The van der Waals surface area contributed by atoms with Crippen molar-refractivity contribution in [2.45, 2.75) is 80.3 Å². The lowest BCUT2D eigenvalue weighted by Crippen LogP contribution is -2.30. The first kappa shape index (κ1) is 21.6. The van der Waals surface area contributed by atoms with E-state index in [2.05, 4.69) is 56.9 Å². The van der Waals surface area contributed by atoms with Gasteiger partial charge in [0.05, 0.1) is 11.6 Å². The Balaban J connectivity index is 0.000000235. The summed E-state index contributed by atoms with van der Waals surface area (Å²) in [6.07, 6.45) is 5.24. The summed E-state index contributed by atoms with van der Waals surface area (Å²) in [6.45, 7) is 16.1. The van der Waals surface area contributed by atoms with Crippen LogP contribution in [-0.4, -0.2) is 17.7 Å². The Hall–Kier alpha value is -1.41. The van der Waals surface area contributed by atoms with Gasteiger partial charge in [0.1, 0.15) is 0 Å². The maximum absolute atomic E-state index is 5.56. The van der Waals surface area contributed by atoms with E-state index in [1.54, 1.807) is 0 Å². The number of aryl methyl sites for hydroxylation is 2. The summed E-state index contributed by atoms with van der Waals surface area (Å²) in [5.41, 5.74) is 4.14. The number of ether oxygens (including phenoxy) is 1. The molecule has 0 amide bonds. The van der Waals surface area contributed by atoms with Gasteiger partial charge in [0.15, 0.2) is 0 Å². The van der Waals surface area contributed by atoms with Gasteiger partial charge >= 0.3 is 0 Å². The Morgan fingerprint density at radius 1 is 1.16 bits per heavy atom. The average molecular weight is 344 g/mol. The fourth-order valence-corrected chi connectivity index (χ4v) is 3.23. The van der Waals surface area contributed by atoms with E-state index in [1.807, 2.05) is 26.8 Å². The first-order chi connectivity index (χ1) is 11.9. The monoisotopic (exact) mass is 343 g/mol. The summed E-state index contributed by atoms with van der Waals surface area (Å²) in [5, 5.41) is 1.29. The second-order valence-electron chi connectivity index (χ2n) is 7.31. The van der Waals surface area contributed by atoms with Crippen LogP contribution in [0.15, 0.2) is 30.3 Å². The summed E-state index contributed by atoms with van der Waals surface area (Å²) in [5.74, 6) is 0. The number of nitrogens with zero attached hydrogens (tertiary/aromatic N) is 1. The zero-order chi connectivity index (χ0) is 18.9. The van der Waals surface area contributed by atoms with E-state index >= 15 is 0 Å². The normalized spacial score (nSPS) is 18.6. The van der Waals surface area contributed by atoms with Crippen molar-refractivity contribution in [3.05, 3.63) is 41.6 Å². The van der Waals surface area contributed by atoms with E-state index in [-0.39, 0.29) is 0 Å². The molecule has 0 aliphatic carbocycles. The van der Waals surface area contributed by atoms with Crippen LogP contribution in [0.5, 0.6) is 0 Å². The van der Waals surface area contributed by atoms with Crippen molar-refractivity contribution in [2.24, 2.45) is 5.41 Å². The van der Waals surface area contributed by atoms with Gasteiger partial charge < -0.3 is 4.74 Å². The Kier molecular flexibility index (Phi) is 9.13. The molecular formula is C23H37NO. The van der Waals surface area contributed by atoms with Crippen LogP contribution in [0.3, 0.4) is 0 Å². The van der Waals surface area contributed by atoms with Crippen LogP contribution in [0, 0.1) is 12.3 Å². The van der Waals surface area contributed by atoms with Gasteiger partial charge in [-0.2, -0.15) is 0 Å². The minimum absolute atomic E-state index is 0.527. The van der Waals surface area contributed by atoms with Crippen molar-refractivity contribution in [1.29, 1.82) is 0 Å². The summed E-state index contributed by atoms with van der Waals surface area (Å²) in [4.78, 5) is 4.48. The molecule has 2 heteroatoms. The average Bonchev–Trinajstić information content (AvgIpc) is 2.62. The third kappa shape index (κ3) is 6.78. The molecule has 0 spiro atoms. The molecule has 0 bridgehead atoms. The topological polar surface area (TPSA) is 22.1 Å². The van der Waals surface area contributed by atoms with Crippen LogP contribution < -0.4 is 0 Å². The van der Waals surface area contributed by atoms with Gasteiger partial charge in [0, 0.05) is 17.7 Å². The predicted molar refractivity (Wildman–Crippen MR) is 110 cm³/mol. The maximum Gasteiger partial charge on any atom is 0.0707 e. The minimum Gasteiger partial charge on any atom is -0.378 e. The number of fused-ring (bicyclic) bond motifs is 1. The van der Waals surface area contributed by atoms with Gasteiger partial charge in [-0.1, -0.05) is 59.7 Å². The summed E-state index contributed by atoms with van der Waals surface area (Å²) in [6, 6.07) is 10.5. The molecule has 0 N–H and O–H groups in total. The molecule has 2 aromatic rings. The highest BCUT2D eigenvalue weighted by atomic mass is 16.5. The SMILES string of the molecule is CC.CCC1CC(C)(C)CCO1.CCc1cc(C)nc2ccccc12. The van der Waals surface area contributed by atoms with Crippen molar-refractivity contribution >= 4 is 10.9 Å². The number of rotatable bonds is 2. The highest BCUT2D eigenvalue weighted by Gasteiger charge is 2.27. The van der Waals surface area contributed by atoms with Gasteiger partial charge in [-0.3, -0.25) is 4.98 Å². The van der Waals surface area contributed by atoms with Crippen molar-refractivity contribution < 1.29 is 4.74 Å². The van der Waals surface area contributed by atoms with E-state index in [4.69, 9.17) is 4.74 Å². The van der Waals surface area contributed by atoms with Crippen molar-refractivity contribution in [2.75, 3.05) is 6.61 Å². The highest BCUT2D eigenvalue weighted by molar-refractivity contribution is 5.82. The van der Waals surface area contributed by atoms with Crippen molar-refractivity contribution in [3.8, 4) is 0 Å². The number of hydrogen-bond donors (Lipinski definition) is 0. The number of aromatic nitrogens is 1. The van der Waals surface area contributed by atoms with Crippen LogP contribution in [-0.2, 0) is 11.2 Å². The molecule has 3 rings (SSSR count). The third-order valence-electron chi connectivity index (χ3n) is 4.68. The number of hydrogen-bond acceptors (Lipinski definition) is 2. The molecular weight excluding hydrogens is 306 g/mol.